The summed E-state index contributed by atoms with van der Waals surface area (Å²) in [5.74, 6) is 0. The number of hydrogen-bond donors (Lipinski definition) is 0. The molecule has 0 unspecified atom stereocenters. The Labute approximate surface area is 135 Å². The second-order valence-corrected chi connectivity index (χ2v) is 0. The van der Waals surface area contributed by atoms with Crippen LogP contribution in [0.3, 0.4) is 0 Å². The molecule has 0 aliphatic heterocycles. The van der Waals surface area contributed by atoms with Crippen LogP contribution in [-0.2, 0) is 96.4 Å². The summed E-state index contributed by atoms with van der Waals surface area (Å²) in [4.78, 5) is 0. The Kier molecular flexibility index (Phi) is 268. The molecule has 0 heterocycles. The molecule has 0 saturated carbocycles. The van der Waals surface area contributed by atoms with Crippen LogP contribution in [0.15, 0.2) is 0 Å². The molecule has 0 spiro atoms. The van der Waals surface area contributed by atoms with Gasteiger partial charge in [0.25, 0.3) is 0 Å². The molecule has 0 saturated heterocycles. The Hall–Kier alpha value is 4.44. The topological polar surface area (TPSA) is 0 Å². The maximum Gasteiger partial charge on any atom is 0 e. The van der Waals surface area contributed by atoms with Crippen LogP contribution in [0.1, 0.15) is 0 Å². The van der Waals surface area contributed by atoms with Crippen LogP contribution < -0.4 is 0 Å². The molecule has 6 heavy (non-hydrogen) atoms. The van der Waals surface area contributed by atoms with Gasteiger partial charge in [0.2, 0.25) is 0 Å². The van der Waals surface area contributed by atoms with E-state index in [9.17, 15) is 0 Å². The second-order valence-electron chi connectivity index (χ2n) is 0. The Morgan fingerprint density at radius 3 is 1.00 bits per heavy atom. The maximum absolute atomic E-state index is 0. The Morgan fingerprint density at radius 2 is 1.00 bits per heavy atom. The molecule has 0 aliphatic carbocycles. The van der Waals surface area contributed by atoms with Crippen LogP contribution in [0.4, 0.5) is 0 Å². The van der Waals surface area contributed by atoms with Crippen molar-refractivity contribution in [3.05, 3.63) is 0 Å². The van der Waals surface area contributed by atoms with Crippen LogP contribution in [0.2, 0.25) is 0 Å². The van der Waals surface area contributed by atoms with Gasteiger partial charge < -0.3 is 0 Å². The summed E-state index contributed by atoms with van der Waals surface area (Å²) in [6, 6.07) is 0. The Balaban J connectivity index is 0. The van der Waals surface area contributed by atoms with E-state index in [4.69, 9.17) is 0 Å². The molecule has 0 aromatic carbocycles. The van der Waals surface area contributed by atoms with Crippen LogP contribution in [-0.4, -0.2) is 0 Å². The van der Waals surface area contributed by atoms with E-state index in [1.54, 1.807) is 0 Å². The fraction of sp³-hybridized carbons (Fsp3) is 0. The summed E-state index contributed by atoms with van der Waals surface area (Å²) in [7, 11) is 0. The largest absolute Gasteiger partial charge is 0 e. The van der Waals surface area contributed by atoms with Gasteiger partial charge in [0.15, 0.2) is 0 Å². The third kappa shape index (κ3) is 23.7. The van der Waals surface area contributed by atoms with E-state index in [1.807, 2.05) is 0 Å². The van der Waals surface area contributed by atoms with Crippen molar-refractivity contribution in [1.29, 1.82) is 0 Å². The summed E-state index contributed by atoms with van der Waals surface area (Å²) in [5.41, 5.74) is 0. The van der Waals surface area contributed by atoms with E-state index in [-0.39, 0.29) is 138 Å². The third-order valence-electron chi connectivity index (χ3n) is 0. The molecule has 0 aromatic rings. The molecular weight excluding hydrogens is 663 g/mol. The van der Waals surface area contributed by atoms with Crippen molar-refractivity contribution in [3.63, 3.8) is 0 Å². The second kappa shape index (κ2) is 34.1. The van der Waals surface area contributed by atoms with Gasteiger partial charge in [-0.3, -0.25) is 0 Å². The van der Waals surface area contributed by atoms with Crippen molar-refractivity contribution in [2.45, 2.75) is 0 Å². The minimum Gasteiger partial charge on any atom is 0 e. The first-order valence-corrected chi connectivity index (χ1v) is 0. The smallest absolute Gasteiger partial charge is 0 e. The molecule has 0 aromatic heterocycles. The van der Waals surface area contributed by atoms with Crippen molar-refractivity contribution in [3.8, 4) is 0 Å². The molecule has 0 rings (SSSR count). The van der Waals surface area contributed by atoms with Crippen molar-refractivity contribution in [2.24, 2.45) is 0 Å². The fourth-order valence-corrected chi connectivity index (χ4v) is 0. The van der Waals surface area contributed by atoms with Gasteiger partial charge >= 0.3 is 0 Å². The molecule has 6 heteroatoms. The summed E-state index contributed by atoms with van der Waals surface area (Å²) in [5, 5.41) is 0. The van der Waals surface area contributed by atoms with E-state index in [1.165, 1.54) is 0 Å². The van der Waals surface area contributed by atoms with Crippen molar-refractivity contribution in [2.75, 3.05) is 0 Å². The van der Waals surface area contributed by atoms with Gasteiger partial charge in [0.1, 0.15) is 0 Å². The molecule has 0 atom stereocenters. The zero-order valence-electron chi connectivity index (χ0n) is 2.15. The van der Waals surface area contributed by atoms with Crippen molar-refractivity contribution in [1.82, 2.24) is 0 Å². The zero-order chi connectivity index (χ0) is 0. The molecule has 0 fully saturated rings. The average Bonchev–Trinajstić information content (AvgIpc) is 0. The van der Waals surface area contributed by atoms with Crippen LogP contribution in [0, 0.1) is 41.7 Å². The fourth-order valence-electron chi connectivity index (χ4n) is 0. The maximum atomic E-state index is 0. The van der Waals surface area contributed by atoms with Gasteiger partial charge in [-0.05, 0) is 0 Å². The minimum absolute atomic E-state index is 0. The monoisotopic (exact) mass is 663 g/mol. The molecular formula is AuCeCuMnPdRu. The van der Waals surface area contributed by atoms with Crippen molar-refractivity contribution >= 4 is 0 Å². The molecule has 0 amide bonds. The van der Waals surface area contributed by atoms with Crippen LogP contribution in [0.5, 0.6) is 0 Å². The predicted molar refractivity (Wildman–Crippen MR) is 0 cm³/mol. The third-order valence-corrected chi connectivity index (χ3v) is 0. The van der Waals surface area contributed by atoms with Crippen LogP contribution in [0.25, 0.3) is 0 Å². The Morgan fingerprint density at radius 1 is 1.00 bits per heavy atom. The first kappa shape index (κ1) is 47.2. The summed E-state index contributed by atoms with van der Waals surface area (Å²) in [6.45, 7) is 0. The van der Waals surface area contributed by atoms with Crippen molar-refractivity contribution < 1.29 is 138 Å². The number of rotatable bonds is 0. The minimum atomic E-state index is 0. The van der Waals surface area contributed by atoms with E-state index < -0.39 is 0 Å². The first-order chi connectivity index (χ1) is 0. The van der Waals surface area contributed by atoms with Gasteiger partial charge in [-0.15, -0.1) is 0 Å². The van der Waals surface area contributed by atoms with Gasteiger partial charge in [-0.1, -0.05) is 0 Å². The summed E-state index contributed by atoms with van der Waals surface area (Å²) in [6.07, 6.45) is 0. The van der Waals surface area contributed by atoms with Gasteiger partial charge in [-0.25, -0.2) is 0 Å². The molecule has 0 aliphatic rings. The van der Waals surface area contributed by atoms with Gasteiger partial charge in [0, 0.05) is 138 Å². The molecule has 3 radical (unpaired) electrons. The molecule has 0 nitrogen and oxygen atoms in total. The molecule has 51 valence electrons. The molecule has 0 N–H and O–H groups in total. The normalized spacial score (nSPS) is 0. The van der Waals surface area contributed by atoms with Crippen LogP contribution >= 0.6 is 0 Å². The Bertz CT molecular complexity index is 15.5. The van der Waals surface area contributed by atoms with E-state index in [0.29, 0.717) is 0 Å². The quantitative estimate of drug-likeness (QED) is 0.321. The number of hydrogen-bond acceptors (Lipinski definition) is 0. The van der Waals surface area contributed by atoms with Gasteiger partial charge in [-0.2, -0.15) is 0 Å². The first-order valence-electron chi connectivity index (χ1n) is 0. The standard InChI is InChI=1S/Au.Ce.Cu.Mn.Pd.Ru. The SMILES string of the molecule is [Au].[Ce].[Cu].[Mn].[Pd].[Ru]. The van der Waals surface area contributed by atoms with E-state index in [0.717, 1.165) is 0 Å². The predicted octanol–water partition coefficient (Wildman–Crippen LogP) is -0.0125. The average molecular weight is 663 g/mol. The van der Waals surface area contributed by atoms with E-state index >= 15 is 0 Å². The van der Waals surface area contributed by atoms with E-state index in [2.05, 4.69) is 0 Å². The van der Waals surface area contributed by atoms with Gasteiger partial charge in [0.05, 0.1) is 0 Å². The molecule has 0 bridgehead atoms. The summed E-state index contributed by atoms with van der Waals surface area (Å²) < 4.78 is 0. The summed E-state index contributed by atoms with van der Waals surface area (Å²) >= 11 is 0. The zero-order valence-corrected chi connectivity index (χ0v) is 12.9.